The molecule has 0 aliphatic carbocycles. The molecule has 3 aromatic rings. The van der Waals surface area contributed by atoms with Crippen LogP contribution in [-0.2, 0) is 6.54 Å². The zero-order valence-corrected chi connectivity index (χ0v) is 9.29. The Morgan fingerprint density at radius 1 is 1.38 bits per heavy atom. The molecule has 3 rings (SSSR count). The molecule has 0 aliphatic rings. The number of fused-ring (bicyclic) bond motifs is 1. The monoisotopic (exact) mass is 230 g/mol. The summed E-state index contributed by atoms with van der Waals surface area (Å²) in [4.78, 5) is 10.4. The summed E-state index contributed by atoms with van der Waals surface area (Å²) < 4.78 is 2.74. The normalized spacial score (nSPS) is 11.0. The molecule has 0 atom stereocenters. The Bertz CT molecular complexity index is 676. The van der Waals surface area contributed by atoms with Crippen LogP contribution < -0.4 is 0 Å². The van der Waals surface area contributed by atoms with Crippen molar-refractivity contribution < 1.29 is 0 Å². The third-order valence-electron chi connectivity index (χ3n) is 2.52. The third kappa shape index (κ3) is 1.55. The third-order valence-corrected chi connectivity index (χ3v) is 2.74. The molecule has 0 unspecified atom stereocenters. The lowest BCUT2D eigenvalue weighted by Gasteiger charge is -2.01. The van der Waals surface area contributed by atoms with Gasteiger partial charge in [0.15, 0.2) is 4.77 Å². The molecule has 80 valence electrons. The van der Waals surface area contributed by atoms with E-state index in [0.29, 0.717) is 4.77 Å². The van der Waals surface area contributed by atoms with Gasteiger partial charge < -0.3 is 14.5 Å². The Labute approximate surface area is 97.0 Å². The average Bonchev–Trinajstić information content (AvgIpc) is 2.87. The molecule has 0 amide bonds. The molecular weight excluding hydrogens is 220 g/mol. The van der Waals surface area contributed by atoms with Gasteiger partial charge in [0.05, 0.1) is 12.2 Å². The highest BCUT2D eigenvalue weighted by Crippen LogP contribution is 2.13. The summed E-state index contributed by atoms with van der Waals surface area (Å²) >= 11 is 4.99. The standard InChI is InChI=1S/C11H10N4S/c16-11-13-6-9(14-11)7-15-5-3-8-2-1-4-12-10(8)15/h1-6H,7H2,(H2,13,14,16). The number of hydrogen-bond donors (Lipinski definition) is 2. The number of nitrogens with zero attached hydrogens (tertiary/aromatic N) is 2. The Morgan fingerprint density at radius 3 is 3.12 bits per heavy atom. The molecule has 5 heteroatoms. The smallest absolute Gasteiger partial charge is 0.174 e. The molecule has 0 bridgehead atoms. The first-order valence-corrected chi connectivity index (χ1v) is 5.40. The summed E-state index contributed by atoms with van der Waals surface area (Å²) in [5.41, 5.74) is 2.04. The van der Waals surface area contributed by atoms with E-state index >= 15 is 0 Å². The summed E-state index contributed by atoms with van der Waals surface area (Å²) in [5, 5.41) is 1.15. The van der Waals surface area contributed by atoms with Gasteiger partial charge in [-0.15, -0.1) is 0 Å². The molecule has 0 fully saturated rings. The maximum absolute atomic E-state index is 4.99. The molecule has 3 aromatic heterocycles. The minimum Gasteiger partial charge on any atom is -0.337 e. The van der Waals surface area contributed by atoms with Crippen molar-refractivity contribution in [3.8, 4) is 0 Å². The first-order valence-electron chi connectivity index (χ1n) is 4.99. The lowest BCUT2D eigenvalue weighted by molar-refractivity contribution is 0.803. The highest BCUT2D eigenvalue weighted by molar-refractivity contribution is 7.71. The Morgan fingerprint density at radius 2 is 2.31 bits per heavy atom. The number of nitrogens with one attached hydrogen (secondary N) is 2. The summed E-state index contributed by atoms with van der Waals surface area (Å²) in [6, 6.07) is 6.05. The SMILES string of the molecule is S=c1[nH]cc(Cn2ccc3cccnc32)[nH]1. The quantitative estimate of drug-likeness (QED) is 0.664. The maximum atomic E-state index is 4.99. The number of imidazole rings is 1. The molecule has 0 aliphatic heterocycles. The van der Waals surface area contributed by atoms with Crippen molar-refractivity contribution in [2.24, 2.45) is 0 Å². The zero-order chi connectivity index (χ0) is 11.0. The van der Waals surface area contributed by atoms with Crippen LogP contribution in [0, 0.1) is 4.77 Å². The van der Waals surface area contributed by atoms with Crippen LogP contribution in [0.1, 0.15) is 5.69 Å². The van der Waals surface area contributed by atoms with Crippen molar-refractivity contribution in [2.75, 3.05) is 0 Å². The van der Waals surface area contributed by atoms with Gasteiger partial charge in [-0.3, -0.25) is 0 Å². The minimum absolute atomic E-state index is 0.652. The molecule has 2 N–H and O–H groups in total. The Balaban J connectivity index is 2.03. The molecule has 3 heterocycles. The molecule has 4 nitrogen and oxygen atoms in total. The van der Waals surface area contributed by atoms with Gasteiger partial charge in [0.2, 0.25) is 0 Å². The van der Waals surface area contributed by atoms with Crippen molar-refractivity contribution in [1.82, 2.24) is 19.5 Å². The van der Waals surface area contributed by atoms with Gasteiger partial charge in [0, 0.05) is 24.0 Å². The average molecular weight is 230 g/mol. The summed E-state index contributed by atoms with van der Waals surface area (Å²) in [5.74, 6) is 0. The van der Waals surface area contributed by atoms with Crippen molar-refractivity contribution in [3.05, 3.63) is 47.3 Å². The van der Waals surface area contributed by atoms with Crippen LogP contribution in [0.5, 0.6) is 0 Å². The van der Waals surface area contributed by atoms with Crippen LogP contribution in [0.2, 0.25) is 0 Å². The number of rotatable bonds is 2. The topological polar surface area (TPSA) is 49.4 Å². The number of aromatic nitrogens is 4. The lowest BCUT2D eigenvalue weighted by Crippen LogP contribution is -1.99. The van der Waals surface area contributed by atoms with E-state index in [0.717, 1.165) is 23.3 Å². The first-order chi connectivity index (χ1) is 7.83. The molecule has 0 aromatic carbocycles. The number of hydrogen-bond acceptors (Lipinski definition) is 2. The van der Waals surface area contributed by atoms with Crippen LogP contribution in [0.25, 0.3) is 11.0 Å². The fraction of sp³-hybridized carbons (Fsp3) is 0.0909. The maximum Gasteiger partial charge on any atom is 0.174 e. The van der Waals surface area contributed by atoms with E-state index in [4.69, 9.17) is 12.2 Å². The van der Waals surface area contributed by atoms with Crippen LogP contribution in [-0.4, -0.2) is 19.5 Å². The van der Waals surface area contributed by atoms with Gasteiger partial charge >= 0.3 is 0 Å². The van der Waals surface area contributed by atoms with Gasteiger partial charge in [-0.25, -0.2) is 4.98 Å². The van der Waals surface area contributed by atoms with Crippen LogP contribution in [0.15, 0.2) is 36.8 Å². The predicted molar refractivity (Wildman–Crippen MR) is 64.8 cm³/mol. The molecule has 0 saturated heterocycles. The molecule has 0 spiro atoms. The first kappa shape index (κ1) is 9.35. The zero-order valence-electron chi connectivity index (χ0n) is 8.47. The molecular formula is C11H10N4S. The van der Waals surface area contributed by atoms with Crippen LogP contribution >= 0.6 is 12.2 Å². The number of aromatic amines is 2. The lowest BCUT2D eigenvalue weighted by atomic mass is 10.3. The van der Waals surface area contributed by atoms with E-state index in [9.17, 15) is 0 Å². The van der Waals surface area contributed by atoms with Crippen LogP contribution in [0.3, 0.4) is 0 Å². The fourth-order valence-electron chi connectivity index (χ4n) is 1.79. The van der Waals surface area contributed by atoms with E-state index in [2.05, 4.69) is 31.7 Å². The van der Waals surface area contributed by atoms with E-state index in [-0.39, 0.29) is 0 Å². The summed E-state index contributed by atoms with van der Waals surface area (Å²) in [7, 11) is 0. The van der Waals surface area contributed by atoms with Crippen molar-refractivity contribution >= 4 is 23.3 Å². The van der Waals surface area contributed by atoms with Gasteiger partial charge in [-0.2, -0.15) is 0 Å². The number of pyridine rings is 1. The van der Waals surface area contributed by atoms with Crippen molar-refractivity contribution in [3.63, 3.8) is 0 Å². The number of H-pyrrole nitrogens is 2. The van der Waals surface area contributed by atoms with Gasteiger partial charge in [-0.05, 0) is 30.4 Å². The highest BCUT2D eigenvalue weighted by Gasteiger charge is 2.02. The van der Waals surface area contributed by atoms with E-state index in [1.807, 2.05) is 18.5 Å². The van der Waals surface area contributed by atoms with Gasteiger partial charge in [0.25, 0.3) is 0 Å². The molecule has 0 radical (unpaired) electrons. The fourth-order valence-corrected chi connectivity index (χ4v) is 1.98. The van der Waals surface area contributed by atoms with Gasteiger partial charge in [-0.1, -0.05) is 0 Å². The molecule has 0 saturated carbocycles. The second-order valence-electron chi connectivity index (χ2n) is 3.63. The van der Waals surface area contributed by atoms with E-state index in [1.54, 1.807) is 6.20 Å². The Hall–Kier alpha value is -1.88. The second kappa shape index (κ2) is 3.61. The molecule has 16 heavy (non-hydrogen) atoms. The predicted octanol–water partition coefficient (Wildman–Crippen LogP) is 2.47. The second-order valence-corrected chi connectivity index (χ2v) is 4.04. The summed E-state index contributed by atoms with van der Waals surface area (Å²) in [6.45, 7) is 0.744. The Kier molecular flexibility index (Phi) is 2.11. The van der Waals surface area contributed by atoms with E-state index in [1.165, 1.54) is 0 Å². The largest absolute Gasteiger partial charge is 0.337 e. The van der Waals surface area contributed by atoms with E-state index < -0.39 is 0 Å². The minimum atomic E-state index is 0.652. The summed E-state index contributed by atoms with van der Waals surface area (Å²) in [6.07, 6.45) is 5.72. The van der Waals surface area contributed by atoms with Crippen LogP contribution in [0.4, 0.5) is 0 Å². The van der Waals surface area contributed by atoms with Gasteiger partial charge in [0.1, 0.15) is 5.65 Å². The van der Waals surface area contributed by atoms with Crippen molar-refractivity contribution in [1.29, 1.82) is 0 Å². The highest BCUT2D eigenvalue weighted by atomic mass is 32.1. The van der Waals surface area contributed by atoms with Crippen molar-refractivity contribution in [2.45, 2.75) is 6.54 Å².